The van der Waals surface area contributed by atoms with Gasteiger partial charge < -0.3 is 14.9 Å². The molecule has 0 spiro atoms. The number of hydrogen-bond acceptors (Lipinski definition) is 8. The van der Waals surface area contributed by atoms with Crippen molar-refractivity contribution in [3.8, 4) is 5.88 Å². The molecule has 0 aliphatic heterocycles. The maximum absolute atomic E-state index is 5.33. The van der Waals surface area contributed by atoms with E-state index >= 15 is 0 Å². The molecule has 0 atom stereocenters. The number of anilines is 2. The van der Waals surface area contributed by atoms with E-state index in [9.17, 15) is 0 Å². The van der Waals surface area contributed by atoms with Crippen LogP contribution in [-0.2, 0) is 7.05 Å². The molecule has 8 nitrogen and oxygen atoms in total. The molecule has 0 amide bonds. The van der Waals surface area contributed by atoms with E-state index < -0.39 is 0 Å². The van der Waals surface area contributed by atoms with Gasteiger partial charge in [0.25, 0.3) is 0 Å². The van der Waals surface area contributed by atoms with Crippen LogP contribution in [0.2, 0.25) is 0 Å². The molecule has 4 N–H and O–H groups in total. The molecule has 0 aliphatic carbocycles. The van der Waals surface area contributed by atoms with Crippen LogP contribution in [0, 0.1) is 0 Å². The summed E-state index contributed by atoms with van der Waals surface area (Å²) in [5.74, 6) is 6.42. The zero-order valence-electron chi connectivity index (χ0n) is 16.1. The number of fused-ring (bicyclic) bond motifs is 1. The fourth-order valence-corrected chi connectivity index (χ4v) is 2.68. The lowest BCUT2D eigenvalue weighted by molar-refractivity contribution is 0.401. The number of aromatic nitrogens is 4. The summed E-state index contributed by atoms with van der Waals surface area (Å²) >= 11 is 1.41. The summed E-state index contributed by atoms with van der Waals surface area (Å²) in [5.41, 5.74) is 4.19. The van der Waals surface area contributed by atoms with Crippen molar-refractivity contribution in [3.63, 3.8) is 0 Å². The summed E-state index contributed by atoms with van der Waals surface area (Å²) in [6.45, 7) is 8.00. The number of nitrogens with zero attached hydrogens (tertiary/aromatic N) is 4. The number of pyridine rings is 2. The average molecular weight is 378 g/mol. The number of nitrogens with two attached hydrogens (primary N) is 1. The lowest BCUT2D eigenvalue weighted by Crippen LogP contribution is -2.07. The summed E-state index contributed by atoms with van der Waals surface area (Å²) in [6, 6.07) is 3.70. The molecule has 3 aromatic rings. The normalized spacial score (nSPS) is 9.50. The first-order chi connectivity index (χ1) is 12.7. The third-order valence-corrected chi connectivity index (χ3v) is 3.87. The van der Waals surface area contributed by atoms with Gasteiger partial charge in [0.2, 0.25) is 5.88 Å². The zero-order valence-corrected chi connectivity index (χ0v) is 16.9. The first-order valence-corrected chi connectivity index (χ1v) is 9.25. The number of hydrazine groups is 1. The minimum atomic E-state index is 0.511. The fourth-order valence-electron chi connectivity index (χ4n) is 2.03. The Morgan fingerprint density at radius 2 is 1.81 bits per heavy atom. The molecule has 3 rings (SSSR count). The molecular weight excluding hydrogens is 350 g/mol. The van der Waals surface area contributed by atoms with E-state index in [0.717, 1.165) is 21.5 Å². The minimum Gasteiger partial charge on any atom is -0.479 e. The van der Waals surface area contributed by atoms with Crippen molar-refractivity contribution in [1.82, 2.24) is 19.7 Å². The summed E-state index contributed by atoms with van der Waals surface area (Å²) < 4.78 is 10.4. The van der Waals surface area contributed by atoms with Crippen molar-refractivity contribution in [1.29, 1.82) is 0 Å². The van der Waals surface area contributed by atoms with E-state index in [1.807, 2.05) is 40.8 Å². The van der Waals surface area contributed by atoms with Crippen molar-refractivity contribution in [2.75, 3.05) is 17.3 Å². The van der Waals surface area contributed by atoms with Gasteiger partial charge in [-0.1, -0.05) is 27.7 Å². The highest BCUT2D eigenvalue weighted by molar-refractivity contribution is 8.00. The van der Waals surface area contributed by atoms with Gasteiger partial charge in [0.05, 0.1) is 18.8 Å². The van der Waals surface area contributed by atoms with Crippen LogP contribution in [0.25, 0.3) is 10.9 Å². The molecule has 9 heteroatoms. The van der Waals surface area contributed by atoms with E-state index in [0.29, 0.717) is 11.7 Å². The van der Waals surface area contributed by atoms with Gasteiger partial charge in [-0.2, -0.15) is 5.10 Å². The second-order valence-corrected chi connectivity index (χ2v) is 5.32. The van der Waals surface area contributed by atoms with Gasteiger partial charge in [0, 0.05) is 29.7 Å². The van der Waals surface area contributed by atoms with Crippen LogP contribution in [0.5, 0.6) is 5.88 Å². The Labute approximate surface area is 158 Å². The SMILES string of the molecule is CC.CC.COc1ncc2cnn(C)c2c1NSc1ccc(NN)nc1. The molecule has 0 fully saturated rings. The quantitative estimate of drug-likeness (QED) is 0.350. The Morgan fingerprint density at radius 3 is 2.38 bits per heavy atom. The molecule has 0 aromatic carbocycles. The van der Waals surface area contributed by atoms with Gasteiger partial charge in [-0.15, -0.1) is 0 Å². The molecule has 0 unspecified atom stereocenters. The van der Waals surface area contributed by atoms with Crippen LogP contribution >= 0.6 is 11.9 Å². The molecule has 0 bridgehead atoms. The number of nitrogens with one attached hydrogen (secondary N) is 2. The number of ether oxygens (including phenoxy) is 1. The predicted octanol–water partition coefficient (Wildman–Crippen LogP) is 3.83. The molecule has 0 saturated carbocycles. The third-order valence-electron chi connectivity index (χ3n) is 3.09. The highest BCUT2D eigenvalue weighted by atomic mass is 32.2. The maximum atomic E-state index is 5.33. The maximum Gasteiger partial charge on any atom is 0.240 e. The van der Waals surface area contributed by atoms with Crippen LogP contribution in [0.4, 0.5) is 11.5 Å². The van der Waals surface area contributed by atoms with Crippen LogP contribution in [0.3, 0.4) is 0 Å². The van der Waals surface area contributed by atoms with Crippen LogP contribution in [0.1, 0.15) is 27.7 Å². The number of nitrogen functional groups attached to an aromatic ring is 1. The van der Waals surface area contributed by atoms with Gasteiger partial charge in [0.15, 0.2) is 0 Å². The molecular formula is C17H27N7OS. The van der Waals surface area contributed by atoms with Gasteiger partial charge in [-0.05, 0) is 24.1 Å². The van der Waals surface area contributed by atoms with Crippen molar-refractivity contribution in [3.05, 3.63) is 30.7 Å². The first-order valence-electron chi connectivity index (χ1n) is 8.43. The number of methoxy groups -OCH3 is 1. The minimum absolute atomic E-state index is 0.511. The molecule has 0 saturated heterocycles. The largest absolute Gasteiger partial charge is 0.479 e. The number of rotatable bonds is 5. The van der Waals surface area contributed by atoms with Crippen LogP contribution in [-0.4, -0.2) is 26.9 Å². The average Bonchev–Trinajstić information content (AvgIpc) is 3.10. The van der Waals surface area contributed by atoms with Gasteiger partial charge in [-0.3, -0.25) is 4.68 Å². The molecule has 0 radical (unpaired) electrons. The topological polar surface area (TPSA) is 103 Å². The van der Waals surface area contributed by atoms with Gasteiger partial charge in [-0.25, -0.2) is 15.8 Å². The molecule has 3 heterocycles. The molecule has 0 aliphatic rings. The predicted molar refractivity (Wildman–Crippen MR) is 109 cm³/mol. The Balaban J connectivity index is 0.000000791. The van der Waals surface area contributed by atoms with Crippen molar-refractivity contribution < 1.29 is 4.74 Å². The summed E-state index contributed by atoms with van der Waals surface area (Å²) in [5, 5.41) is 5.18. The lowest BCUT2D eigenvalue weighted by Gasteiger charge is -2.11. The van der Waals surface area contributed by atoms with E-state index in [2.05, 4.69) is 25.2 Å². The van der Waals surface area contributed by atoms with E-state index in [-0.39, 0.29) is 0 Å². The summed E-state index contributed by atoms with van der Waals surface area (Å²) in [4.78, 5) is 9.38. The standard InChI is InChI=1S/C13H15N7OS.2C2H6/c1-20-12-8(6-17-20)5-16-13(21-2)11(12)19-22-9-3-4-10(18-14)15-7-9;2*1-2/h3-7,19H,14H2,1-2H3,(H,15,18);2*1-2H3. The molecule has 26 heavy (non-hydrogen) atoms. The number of hydrogen-bond donors (Lipinski definition) is 3. The lowest BCUT2D eigenvalue weighted by atomic mass is 10.3. The second-order valence-electron chi connectivity index (χ2n) is 4.44. The Hall–Kier alpha value is -2.52. The molecule has 3 aromatic heterocycles. The van der Waals surface area contributed by atoms with Gasteiger partial charge in [0.1, 0.15) is 11.5 Å². The Bertz CT molecular complexity index is 790. The third kappa shape index (κ3) is 4.99. The Kier molecular flexibility index (Phi) is 9.24. The summed E-state index contributed by atoms with van der Waals surface area (Å²) in [6.07, 6.45) is 5.22. The Morgan fingerprint density at radius 1 is 1.08 bits per heavy atom. The van der Waals surface area contributed by atoms with E-state index in [1.54, 1.807) is 36.4 Å². The van der Waals surface area contributed by atoms with Crippen molar-refractivity contribution in [2.45, 2.75) is 32.6 Å². The second kappa shape index (κ2) is 11.2. The van der Waals surface area contributed by atoms with E-state index in [1.165, 1.54) is 11.9 Å². The fraction of sp³-hybridized carbons (Fsp3) is 0.353. The van der Waals surface area contributed by atoms with Gasteiger partial charge >= 0.3 is 0 Å². The van der Waals surface area contributed by atoms with Crippen molar-refractivity contribution in [2.24, 2.45) is 12.9 Å². The van der Waals surface area contributed by atoms with Crippen molar-refractivity contribution >= 4 is 34.4 Å². The van der Waals surface area contributed by atoms with E-state index in [4.69, 9.17) is 10.6 Å². The highest BCUT2D eigenvalue weighted by Crippen LogP contribution is 2.34. The number of aryl methyl sites for hydroxylation is 1. The monoisotopic (exact) mass is 377 g/mol. The zero-order chi connectivity index (χ0) is 19.5. The van der Waals surface area contributed by atoms with Crippen LogP contribution in [0.15, 0.2) is 35.6 Å². The van der Waals surface area contributed by atoms with Crippen LogP contribution < -0.4 is 20.7 Å². The summed E-state index contributed by atoms with van der Waals surface area (Å²) in [7, 11) is 3.46. The highest BCUT2D eigenvalue weighted by Gasteiger charge is 2.14. The molecule has 142 valence electrons. The smallest absolute Gasteiger partial charge is 0.240 e. The first kappa shape index (κ1) is 21.5.